The molecule has 0 aliphatic carbocycles. The van der Waals surface area contributed by atoms with Gasteiger partial charge in [0.1, 0.15) is 5.82 Å². The summed E-state index contributed by atoms with van der Waals surface area (Å²) in [6, 6.07) is 6.71. The molecule has 1 aromatic carbocycles. The second-order valence-electron chi connectivity index (χ2n) is 3.53. The lowest BCUT2D eigenvalue weighted by Gasteiger charge is -2.05. The van der Waals surface area contributed by atoms with Crippen molar-refractivity contribution in [2.75, 3.05) is 5.73 Å². The molecule has 0 aliphatic rings. The van der Waals surface area contributed by atoms with E-state index in [4.69, 9.17) is 23.1 Å². The van der Waals surface area contributed by atoms with Crippen molar-refractivity contribution in [3.63, 3.8) is 0 Å². The summed E-state index contributed by atoms with van der Waals surface area (Å²) in [6.45, 7) is 0.386. The van der Waals surface area contributed by atoms with E-state index in [1.165, 1.54) is 17.8 Å². The number of anilines is 1. The first-order valence-electron chi connectivity index (χ1n) is 5.11. The Morgan fingerprint density at radius 3 is 2.78 bits per heavy atom. The number of H-pyrrole nitrogens is 1. The lowest BCUT2D eigenvalue weighted by molar-refractivity contribution is 0.945. The lowest BCUT2D eigenvalue weighted by atomic mass is 10.2. The predicted molar refractivity (Wildman–Crippen MR) is 72.7 cm³/mol. The molecule has 1 heterocycles. The maximum Gasteiger partial charge on any atom is 0.253 e. The van der Waals surface area contributed by atoms with Gasteiger partial charge in [-0.2, -0.15) is 0 Å². The number of nitrogens with zero attached hydrogens (tertiary/aromatic N) is 1. The molecule has 0 fully saturated rings. The molecule has 5 N–H and O–H groups in total. The number of nitrogen functional groups attached to an aromatic ring is 1. The van der Waals surface area contributed by atoms with Gasteiger partial charge in [-0.3, -0.25) is 4.79 Å². The van der Waals surface area contributed by atoms with E-state index in [0.29, 0.717) is 16.7 Å². The minimum atomic E-state index is -0.283. The predicted octanol–water partition coefficient (Wildman–Crippen LogP) is 1.62. The van der Waals surface area contributed by atoms with Crippen molar-refractivity contribution in [3.05, 3.63) is 45.2 Å². The van der Waals surface area contributed by atoms with Crippen LogP contribution in [0.3, 0.4) is 0 Å². The molecule has 7 heteroatoms. The average molecular weight is 283 g/mol. The lowest BCUT2D eigenvalue weighted by Crippen LogP contribution is -2.09. The van der Waals surface area contributed by atoms with Gasteiger partial charge in [0.25, 0.3) is 5.56 Å². The highest BCUT2D eigenvalue weighted by Gasteiger charge is 2.05. The van der Waals surface area contributed by atoms with Gasteiger partial charge >= 0.3 is 0 Å². The van der Waals surface area contributed by atoms with E-state index in [1.807, 2.05) is 12.1 Å². The van der Waals surface area contributed by atoms with Crippen LogP contribution in [0.25, 0.3) is 0 Å². The Labute approximate surface area is 113 Å². The molecule has 0 atom stereocenters. The van der Waals surface area contributed by atoms with Crippen molar-refractivity contribution >= 4 is 29.2 Å². The average Bonchev–Trinajstić information content (AvgIpc) is 2.27. The van der Waals surface area contributed by atoms with Crippen LogP contribution in [0.5, 0.6) is 0 Å². The summed E-state index contributed by atoms with van der Waals surface area (Å²) in [5, 5.41) is 1.02. The van der Waals surface area contributed by atoms with Gasteiger partial charge in [0.2, 0.25) is 0 Å². The van der Waals surface area contributed by atoms with E-state index in [1.54, 1.807) is 6.07 Å². The Bertz CT molecular complexity index is 629. The molecule has 94 valence electrons. The van der Waals surface area contributed by atoms with Crippen LogP contribution >= 0.6 is 23.4 Å². The van der Waals surface area contributed by atoms with E-state index in [2.05, 4.69) is 9.97 Å². The minimum Gasteiger partial charge on any atom is -0.383 e. The zero-order chi connectivity index (χ0) is 13.1. The van der Waals surface area contributed by atoms with Crippen LogP contribution in [0.4, 0.5) is 5.82 Å². The molecular weight excluding hydrogens is 272 g/mol. The van der Waals surface area contributed by atoms with Crippen LogP contribution in [0.2, 0.25) is 5.02 Å². The first-order valence-corrected chi connectivity index (χ1v) is 6.31. The summed E-state index contributed by atoms with van der Waals surface area (Å²) in [7, 11) is 0. The van der Waals surface area contributed by atoms with Gasteiger partial charge in [-0.05, 0) is 17.7 Å². The molecule has 0 aliphatic heterocycles. The Balaban J connectivity index is 2.28. The normalized spacial score (nSPS) is 10.6. The van der Waals surface area contributed by atoms with Crippen LogP contribution in [0.1, 0.15) is 5.56 Å². The van der Waals surface area contributed by atoms with Crippen molar-refractivity contribution in [3.8, 4) is 0 Å². The van der Waals surface area contributed by atoms with Crippen LogP contribution < -0.4 is 17.0 Å². The number of hydrogen-bond acceptors (Lipinski definition) is 5. The summed E-state index contributed by atoms with van der Waals surface area (Å²) in [5.74, 6) is 0.186. The van der Waals surface area contributed by atoms with E-state index >= 15 is 0 Å². The van der Waals surface area contributed by atoms with Crippen molar-refractivity contribution in [2.45, 2.75) is 16.6 Å². The number of benzene rings is 1. The van der Waals surface area contributed by atoms with Crippen molar-refractivity contribution in [1.82, 2.24) is 9.97 Å². The Morgan fingerprint density at radius 1 is 1.39 bits per heavy atom. The summed E-state index contributed by atoms with van der Waals surface area (Å²) < 4.78 is 0. The van der Waals surface area contributed by atoms with Gasteiger partial charge in [-0.15, -0.1) is 0 Å². The summed E-state index contributed by atoms with van der Waals surface area (Å²) in [5.41, 5.74) is 11.6. The second-order valence-corrected chi connectivity index (χ2v) is 5.00. The maximum atomic E-state index is 11.2. The van der Waals surface area contributed by atoms with Crippen LogP contribution in [0.15, 0.2) is 39.1 Å². The second kappa shape index (κ2) is 5.43. The van der Waals surface area contributed by atoms with Gasteiger partial charge in [-0.1, -0.05) is 29.4 Å². The van der Waals surface area contributed by atoms with Gasteiger partial charge in [-0.25, -0.2) is 4.98 Å². The SMILES string of the molecule is NCc1ccc(Sc2nc(N)cc(=O)[nH]2)cc1Cl. The molecule has 0 saturated carbocycles. The van der Waals surface area contributed by atoms with Gasteiger partial charge in [0.15, 0.2) is 5.16 Å². The molecule has 2 aromatic rings. The smallest absolute Gasteiger partial charge is 0.253 e. The molecule has 5 nitrogen and oxygen atoms in total. The number of halogens is 1. The Morgan fingerprint density at radius 2 is 2.17 bits per heavy atom. The number of rotatable bonds is 3. The highest BCUT2D eigenvalue weighted by molar-refractivity contribution is 7.99. The van der Waals surface area contributed by atoms with Crippen molar-refractivity contribution in [1.29, 1.82) is 0 Å². The highest BCUT2D eigenvalue weighted by Crippen LogP contribution is 2.28. The van der Waals surface area contributed by atoms with Crippen molar-refractivity contribution in [2.24, 2.45) is 5.73 Å². The highest BCUT2D eigenvalue weighted by atomic mass is 35.5. The zero-order valence-electron chi connectivity index (χ0n) is 9.31. The first-order chi connectivity index (χ1) is 8.58. The molecule has 2 rings (SSSR count). The van der Waals surface area contributed by atoms with E-state index in [0.717, 1.165) is 10.5 Å². The van der Waals surface area contributed by atoms with Gasteiger partial charge in [0, 0.05) is 22.5 Å². The van der Waals surface area contributed by atoms with Crippen molar-refractivity contribution < 1.29 is 0 Å². The zero-order valence-corrected chi connectivity index (χ0v) is 10.9. The third-order valence-corrected chi connectivity index (χ3v) is 3.43. The minimum absolute atomic E-state index is 0.186. The van der Waals surface area contributed by atoms with E-state index < -0.39 is 0 Å². The van der Waals surface area contributed by atoms with E-state index in [-0.39, 0.29) is 11.4 Å². The third kappa shape index (κ3) is 3.04. The summed E-state index contributed by atoms with van der Waals surface area (Å²) in [6.07, 6.45) is 0. The Hall–Kier alpha value is -1.50. The fraction of sp³-hybridized carbons (Fsp3) is 0.0909. The fourth-order valence-electron chi connectivity index (χ4n) is 1.37. The number of aromatic nitrogens is 2. The fourth-order valence-corrected chi connectivity index (χ4v) is 2.53. The monoisotopic (exact) mass is 282 g/mol. The standard InChI is InChI=1S/C11H11ClN4OS/c12-8-3-7(2-1-6(8)5-13)18-11-15-9(14)4-10(17)16-11/h1-4H,5,13H2,(H3,14,15,16,17). The quantitative estimate of drug-likeness (QED) is 0.743. The molecule has 0 bridgehead atoms. The topological polar surface area (TPSA) is 97.8 Å². The van der Waals surface area contributed by atoms with Crippen LogP contribution in [0, 0.1) is 0 Å². The Kier molecular flexibility index (Phi) is 3.90. The third-order valence-electron chi connectivity index (χ3n) is 2.20. The van der Waals surface area contributed by atoms with Gasteiger partial charge < -0.3 is 16.5 Å². The number of aromatic amines is 1. The largest absolute Gasteiger partial charge is 0.383 e. The molecule has 18 heavy (non-hydrogen) atoms. The molecule has 0 unspecified atom stereocenters. The molecule has 1 aromatic heterocycles. The van der Waals surface area contributed by atoms with Crippen LogP contribution in [-0.2, 0) is 6.54 Å². The maximum absolute atomic E-state index is 11.2. The molecule has 0 saturated heterocycles. The number of hydrogen-bond donors (Lipinski definition) is 3. The molecule has 0 radical (unpaired) electrons. The molecule has 0 amide bonds. The van der Waals surface area contributed by atoms with E-state index in [9.17, 15) is 4.79 Å². The number of nitrogens with one attached hydrogen (secondary N) is 1. The van der Waals surface area contributed by atoms with Crippen LogP contribution in [-0.4, -0.2) is 9.97 Å². The molecule has 0 spiro atoms. The molecular formula is C11H11ClN4OS. The first kappa shape index (κ1) is 12.9. The summed E-state index contributed by atoms with van der Waals surface area (Å²) in [4.78, 5) is 18.7. The number of nitrogens with two attached hydrogens (primary N) is 2. The summed E-state index contributed by atoms with van der Waals surface area (Å²) >= 11 is 7.33. The van der Waals surface area contributed by atoms with Gasteiger partial charge in [0.05, 0.1) is 0 Å².